The summed E-state index contributed by atoms with van der Waals surface area (Å²) in [6, 6.07) is -1.39. The summed E-state index contributed by atoms with van der Waals surface area (Å²) in [5, 5.41) is 68.9. The van der Waals surface area contributed by atoms with Gasteiger partial charge in [-0.1, -0.05) is 0 Å². The van der Waals surface area contributed by atoms with Crippen LogP contribution in [0.3, 0.4) is 0 Å². The second-order valence-electron chi connectivity index (χ2n) is 6.41. The minimum atomic E-state index is -5.17. The van der Waals surface area contributed by atoms with E-state index in [4.69, 9.17) is 30.1 Å². The zero-order chi connectivity index (χ0) is 20.7. The maximum absolute atomic E-state index is 10.9. The first-order chi connectivity index (χ1) is 12.4. The number of phosphoric acid groups is 1. The molecule has 14 nitrogen and oxygen atoms in total. The zero-order valence-corrected chi connectivity index (χ0v) is 14.6. The van der Waals surface area contributed by atoms with E-state index in [1.165, 1.54) is 0 Å². The van der Waals surface area contributed by atoms with Gasteiger partial charge in [-0.3, -0.25) is 4.52 Å². The van der Waals surface area contributed by atoms with Crippen molar-refractivity contribution in [1.29, 1.82) is 0 Å². The molecule has 0 spiro atoms. The van der Waals surface area contributed by atoms with Crippen LogP contribution in [0.2, 0.25) is 0 Å². The number of hydrogen-bond donors (Lipinski definition) is 10. The van der Waals surface area contributed by atoms with E-state index in [2.05, 4.69) is 4.52 Å². The molecule has 0 radical (unpaired) electrons. The Hall–Kier alpha value is -0.290. The highest BCUT2D eigenvalue weighted by Crippen LogP contribution is 2.42. The molecule has 0 amide bonds. The third kappa shape index (κ3) is 4.83. The minimum absolute atomic E-state index is 0.718. The van der Waals surface area contributed by atoms with E-state index in [1.807, 2.05) is 0 Å². The van der Waals surface area contributed by atoms with E-state index in [1.54, 1.807) is 0 Å². The summed E-state index contributed by atoms with van der Waals surface area (Å²) in [4.78, 5) is 17.6. The van der Waals surface area contributed by atoms with Gasteiger partial charge in [0.05, 0.1) is 12.6 Å². The van der Waals surface area contributed by atoms with Gasteiger partial charge in [0.2, 0.25) is 0 Å². The molecular weight excluding hydrogens is 397 g/mol. The Morgan fingerprint density at radius 1 is 0.852 bits per heavy atom. The third-order valence-corrected chi connectivity index (χ3v) is 5.04. The normalized spacial score (nSPS) is 49.2. The predicted molar refractivity (Wildman–Crippen MR) is 81.6 cm³/mol. The summed E-state index contributed by atoms with van der Waals surface area (Å²) in [5.74, 6) is 0. The SMILES string of the molecule is N[C@H]1[C@@H](OC2[C@@H](O)[C@H](O)C(OP(=O)(O)O)[C@@H](O)[C@H]2O)O[C@H](CO)[C@@H](O)[C@@H]1O. The lowest BCUT2D eigenvalue weighted by Gasteiger charge is -2.46. The van der Waals surface area contributed by atoms with Gasteiger partial charge in [0.1, 0.15) is 54.9 Å². The standard InChI is InChI=1S/C12H24NO13P/c13-3-5(16)4(15)2(1-14)24-12(3)25-10-6(17)8(19)11(9(20)7(10)18)26-27(21,22)23/h2-12,14-20H,1,13H2,(H2,21,22,23)/t2-,3-,4-,5-,6-,7+,8+,9+,10?,11?,12-/m1/s1. The maximum atomic E-state index is 10.9. The van der Waals surface area contributed by atoms with Crippen molar-refractivity contribution in [2.24, 2.45) is 5.73 Å². The van der Waals surface area contributed by atoms with E-state index >= 15 is 0 Å². The molecule has 2 aliphatic rings. The molecule has 11 atom stereocenters. The Morgan fingerprint density at radius 3 is 1.78 bits per heavy atom. The van der Waals surface area contributed by atoms with E-state index in [0.29, 0.717) is 0 Å². The van der Waals surface area contributed by atoms with E-state index in [-0.39, 0.29) is 0 Å². The Morgan fingerprint density at radius 2 is 1.33 bits per heavy atom. The van der Waals surface area contributed by atoms with Crippen molar-refractivity contribution in [3.8, 4) is 0 Å². The number of ether oxygens (including phenoxy) is 2. The van der Waals surface area contributed by atoms with Crippen LogP contribution in [0.1, 0.15) is 0 Å². The molecule has 11 N–H and O–H groups in total. The van der Waals surface area contributed by atoms with Crippen LogP contribution in [-0.2, 0) is 18.6 Å². The lowest BCUT2D eigenvalue weighted by atomic mass is 9.84. The highest BCUT2D eigenvalue weighted by Gasteiger charge is 2.54. The van der Waals surface area contributed by atoms with Gasteiger partial charge < -0.3 is 60.7 Å². The molecule has 1 heterocycles. The summed E-state index contributed by atoms with van der Waals surface area (Å²) in [7, 11) is -5.17. The van der Waals surface area contributed by atoms with Crippen LogP contribution in [0, 0.1) is 0 Å². The van der Waals surface area contributed by atoms with Crippen LogP contribution in [0.4, 0.5) is 0 Å². The lowest BCUT2D eigenvalue weighted by Crippen LogP contribution is -2.68. The van der Waals surface area contributed by atoms with Crippen LogP contribution in [0.25, 0.3) is 0 Å². The van der Waals surface area contributed by atoms with Gasteiger partial charge in [0.15, 0.2) is 6.29 Å². The van der Waals surface area contributed by atoms with Crippen molar-refractivity contribution in [2.75, 3.05) is 6.61 Å². The average molecular weight is 421 g/mol. The number of aliphatic hydroxyl groups excluding tert-OH is 7. The van der Waals surface area contributed by atoms with Gasteiger partial charge in [0.25, 0.3) is 0 Å². The largest absolute Gasteiger partial charge is 0.470 e. The molecule has 2 unspecified atom stereocenters. The molecule has 27 heavy (non-hydrogen) atoms. The summed E-state index contributed by atoms with van der Waals surface area (Å²) in [6.07, 6.45) is -18.0. The Bertz CT molecular complexity index is 529. The molecule has 1 saturated carbocycles. The van der Waals surface area contributed by atoms with Gasteiger partial charge in [-0.25, -0.2) is 4.57 Å². The topological polar surface area (TPSA) is 253 Å². The zero-order valence-electron chi connectivity index (χ0n) is 13.7. The Kier molecular flexibility index (Phi) is 7.33. The van der Waals surface area contributed by atoms with E-state index in [9.17, 15) is 35.2 Å². The molecule has 1 saturated heterocycles. The highest BCUT2D eigenvalue weighted by atomic mass is 31.2. The van der Waals surface area contributed by atoms with Gasteiger partial charge in [-0.15, -0.1) is 0 Å². The van der Waals surface area contributed by atoms with Gasteiger partial charge in [0, 0.05) is 0 Å². The number of aliphatic hydroxyl groups is 7. The number of hydrogen-bond acceptors (Lipinski definition) is 12. The molecule has 0 aromatic heterocycles. The first-order valence-corrected chi connectivity index (χ1v) is 9.41. The Labute approximate surface area is 152 Å². The maximum Gasteiger partial charge on any atom is 0.470 e. The predicted octanol–water partition coefficient (Wildman–Crippen LogP) is -5.93. The average Bonchev–Trinajstić information content (AvgIpc) is 2.59. The second-order valence-corrected chi connectivity index (χ2v) is 7.60. The molecule has 2 rings (SSSR count). The van der Waals surface area contributed by atoms with Gasteiger partial charge >= 0.3 is 7.82 Å². The second kappa shape index (κ2) is 8.61. The molecular formula is C12H24NO13P. The molecule has 160 valence electrons. The lowest BCUT2D eigenvalue weighted by molar-refractivity contribution is -0.315. The first-order valence-electron chi connectivity index (χ1n) is 7.88. The van der Waals surface area contributed by atoms with Crippen molar-refractivity contribution in [3.63, 3.8) is 0 Å². The number of rotatable bonds is 5. The van der Waals surface area contributed by atoms with E-state index in [0.717, 1.165) is 0 Å². The van der Waals surface area contributed by atoms with Crippen molar-refractivity contribution >= 4 is 7.82 Å². The summed E-state index contributed by atoms with van der Waals surface area (Å²) in [5.41, 5.74) is 5.66. The Balaban J connectivity index is 2.15. The van der Waals surface area contributed by atoms with Crippen LogP contribution in [0.5, 0.6) is 0 Å². The summed E-state index contributed by atoms with van der Waals surface area (Å²) in [6.45, 7) is -0.718. The van der Waals surface area contributed by atoms with Crippen LogP contribution >= 0.6 is 7.82 Å². The van der Waals surface area contributed by atoms with Crippen LogP contribution in [-0.4, -0.2) is 119 Å². The molecule has 0 aromatic rings. The molecule has 0 bridgehead atoms. The van der Waals surface area contributed by atoms with Crippen molar-refractivity contribution in [1.82, 2.24) is 0 Å². The molecule has 1 aliphatic heterocycles. The van der Waals surface area contributed by atoms with Crippen molar-refractivity contribution in [2.45, 2.75) is 67.3 Å². The van der Waals surface area contributed by atoms with Crippen LogP contribution < -0.4 is 5.73 Å². The van der Waals surface area contributed by atoms with Crippen molar-refractivity contribution in [3.05, 3.63) is 0 Å². The molecule has 1 aliphatic carbocycles. The fraction of sp³-hybridized carbons (Fsp3) is 1.00. The third-order valence-electron chi connectivity index (χ3n) is 4.52. The summed E-state index contributed by atoms with van der Waals surface area (Å²) < 4.78 is 25.5. The first kappa shape index (κ1) is 23.0. The monoisotopic (exact) mass is 421 g/mol. The van der Waals surface area contributed by atoms with Crippen molar-refractivity contribution < 1.29 is 64.1 Å². The fourth-order valence-corrected chi connectivity index (χ4v) is 3.57. The smallest absolute Gasteiger partial charge is 0.394 e. The van der Waals surface area contributed by atoms with Gasteiger partial charge in [-0.05, 0) is 0 Å². The van der Waals surface area contributed by atoms with Crippen LogP contribution in [0.15, 0.2) is 0 Å². The molecule has 2 fully saturated rings. The molecule has 15 heteroatoms. The minimum Gasteiger partial charge on any atom is -0.394 e. The number of phosphoric ester groups is 1. The molecule has 0 aromatic carbocycles. The van der Waals surface area contributed by atoms with E-state index < -0.39 is 81.7 Å². The number of nitrogens with two attached hydrogens (primary N) is 1. The quantitative estimate of drug-likeness (QED) is 0.186. The fourth-order valence-electron chi connectivity index (χ4n) is 3.01. The highest BCUT2D eigenvalue weighted by molar-refractivity contribution is 7.46. The van der Waals surface area contributed by atoms with Gasteiger partial charge in [-0.2, -0.15) is 0 Å². The summed E-state index contributed by atoms with van der Waals surface area (Å²) >= 11 is 0.